The highest BCUT2D eigenvalue weighted by Crippen LogP contribution is 2.25. The van der Waals surface area contributed by atoms with Crippen molar-refractivity contribution in [3.05, 3.63) is 0 Å². The van der Waals surface area contributed by atoms with Crippen LogP contribution in [-0.2, 0) is 9.53 Å². The molecule has 4 nitrogen and oxygen atoms in total. The van der Waals surface area contributed by atoms with E-state index >= 15 is 0 Å². The number of hydrogen-bond donors (Lipinski definition) is 0. The summed E-state index contributed by atoms with van der Waals surface area (Å²) in [6, 6.07) is 0. The van der Waals surface area contributed by atoms with Crippen LogP contribution < -0.4 is 0 Å². The van der Waals surface area contributed by atoms with E-state index in [0.29, 0.717) is 5.92 Å². The molecule has 3 fully saturated rings. The standard InChI is InChI=1S/C18H32N2O2/c1-15-8-13-22-17(15)18(21)20-10-5-9-19(11-12-20)14-16-6-3-2-4-7-16/h15-17H,2-14H2,1H3/t15-,17-/m0/s1. The van der Waals surface area contributed by atoms with E-state index in [0.717, 1.165) is 51.5 Å². The average Bonchev–Trinajstić information content (AvgIpc) is 2.82. The second-order valence-electron chi connectivity index (χ2n) is 7.54. The van der Waals surface area contributed by atoms with Crippen LogP contribution >= 0.6 is 0 Å². The van der Waals surface area contributed by atoms with E-state index in [9.17, 15) is 4.79 Å². The number of ether oxygens (including phenoxy) is 1. The number of nitrogens with zero attached hydrogens (tertiary/aromatic N) is 2. The highest BCUT2D eigenvalue weighted by molar-refractivity contribution is 5.81. The molecule has 2 saturated heterocycles. The summed E-state index contributed by atoms with van der Waals surface area (Å²) >= 11 is 0. The van der Waals surface area contributed by atoms with E-state index in [-0.39, 0.29) is 12.0 Å². The number of carbonyl (C=O) groups excluding carboxylic acids is 1. The summed E-state index contributed by atoms with van der Waals surface area (Å²) in [7, 11) is 0. The van der Waals surface area contributed by atoms with Crippen LogP contribution in [0.15, 0.2) is 0 Å². The molecule has 0 aromatic rings. The zero-order valence-corrected chi connectivity index (χ0v) is 14.1. The molecule has 1 saturated carbocycles. The van der Waals surface area contributed by atoms with Gasteiger partial charge in [-0.3, -0.25) is 4.79 Å². The Morgan fingerprint density at radius 1 is 1.00 bits per heavy atom. The molecular formula is C18H32N2O2. The van der Waals surface area contributed by atoms with Gasteiger partial charge in [0.2, 0.25) is 0 Å². The van der Waals surface area contributed by atoms with Gasteiger partial charge in [-0.15, -0.1) is 0 Å². The minimum atomic E-state index is -0.176. The maximum absolute atomic E-state index is 12.6. The second kappa shape index (κ2) is 7.78. The predicted octanol–water partition coefficient (Wildman–Crippen LogP) is 2.53. The van der Waals surface area contributed by atoms with Crippen LogP contribution in [0.25, 0.3) is 0 Å². The Labute approximate surface area is 135 Å². The van der Waals surface area contributed by atoms with Crippen LogP contribution in [-0.4, -0.2) is 61.1 Å². The molecule has 126 valence electrons. The molecule has 0 aromatic heterocycles. The Hall–Kier alpha value is -0.610. The summed E-state index contributed by atoms with van der Waals surface area (Å²) in [4.78, 5) is 17.3. The largest absolute Gasteiger partial charge is 0.368 e. The Balaban J connectivity index is 1.47. The molecule has 0 radical (unpaired) electrons. The Bertz CT molecular complexity index is 368. The smallest absolute Gasteiger partial charge is 0.252 e. The Kier molecular flexibility index (Phi) is 5.75. The third-order valence-electron chi connectivity index (χ3n) is 5.77. The van der Waals surface area contributed by atoms with Gasteiger partial charge in [0, 0.05) is 32.8 Å². The highest BCUT2D eigenvalue weighted by atomic mass is 16.5. The van der Waals surface area contributed by atoms with Gasteiger partial charge in [0.15, 0.2) is 0 Å². The molecule has 3 rings (SSSR count). The molecule has 1 aliphatic carbocycles. The van der Waals surface area contributed by atoms with Gasteiger partial charge in [-0.2, -0.15) is 0 Å². The van der Waals surface area contributed by atoms with E-state index in [1.54, 1.807) is 0 Å². The lowest BCUT2D eigenvalue weighted by molar-refractivity contribution is -0.142. The van der Waals surface area contributed by atoms with Gasteiger partial charge in [-0.1, -0.05) is 26.2 Å². The van der Waals surface area contributed by atoms with Crippen molar-refractivity contribution < 1.29 is 9.53 Å². The molecule has 0 bridgehead atoms. The fourth-order valence-corrected chi connectivity index (χ4v) is 4.30. The van der Waals surface area contributed by atoms with Crippen LogP contribution in [0.5, 0.6) is 0 Å². The molecule has 3 aliphatic rings. The minimum Gasteiger partial charge on any atom is -0.368 e. The van der Waals surface area contributed by atoms with Gasteiger partial charge in [0.25, 0.3) is 5.91 Å². The number of carbonyl (C=O) groups is 1. The van der Waals surface area contributed by atoms with E-state index in [1.165, 1.54) is 38.6 Å². The summed E-state index contributed by atoms with van der Waals surface area (Å²) in [6.45, 7) is 8.13. The summed E-state index contributed by atoms with van der Waals surface area (Å²) in [5, 5.41) is 0. The van der Waals surface area contributed by atoms with Crippen molar-refractivity contribution in [1.82, 2.24) is 9.80 Å². The third kappa shape index (κ3) is 4.02. The SMILES string of the molecule is C[C@H]1CCO[C@@H]1C(=O)N1CCCN(CC2CCCCC2)CC1. The van der Waals surface area contributed by atoms with Crippen LogP contribution in [0.4, 0.5) is 0 Å². The first-order valence-electron chi connectivity index (χ1n) is 9.37. The number of amides is 1. The fourth-order valence-electron chi connectivity index (χ4n) is 4.30. The summed E-state index contributed by atoms with van der Waals surface area (Å²) in [5.74, 6) is 1.52. The molecule has 2 heterocycles. The van der Waals surface area contributed by atoms with E-state index in [4.69, 9.17) is 4.74 Å². The lowest BCUT2D eigenvalue weighted by Crippen LogP contribution is -2.43. The summed E-state index contributed by atoms with van der Waals surface area (Å²) in [5.41, 5.74) is 0. The third-order valence-corrected chi connectivity index (χ3v) is 5.77. The van der Waals surface area contributed by atoms with Gasteiger partial charge in [-0.25, -0.2) is 0 Å². The molecule has 0 spiro atoms. The van der Waals surface area contributed by atoms with Gasteiger partial charge in [-0.05, 0) is 44.1 Å². The summed E-state index contributed by atoms with van der Waals surface area (Å²) < 4.78 is 5.66. The zero-order valence-electron chi connectivity index (χ0n) is 14.1. The molecule has 4 heteroatoms. The molecule has 2 aliphatic heterocycles. The zero-order chi connectivity index (χ0) is 15.4. The van der Waals surface area contributed by atoms with E-state index in [2.05, 4.69) is 16.7 Å². The first kappa shape index (κ1) is 16.3. The first-order valence-corrected chi connectivity index (χ1v) is 9.37. The van der Waals surface area contributed by atoms with Gasteiger partial charge in [0.1, 0.15) is 6.10 Å². The fraction of sp³-hybridized carbons (Fsp3) is 0.944. The average molecular weight is 308 g/mol. The van der Waals surface area contributed by atoms with Crippen LogP contribution in [0.2, 0.25) is 0 Å². The van der Waals surface area contributed by atoms with Crippen molar-refractivity contribution in [3.8, 4) is 0 Å². The minimum absolute atomic E-state index is 0.176. The maximum atomic E-state index is 12.6. The Morgan fingerprint density at radius 3 is 2.55 bits per heavy atom. The monoisotopic (exact) mass is 308 g/mol. The maximum Gasteiger partial charge on any atom is 0.252 e. The molecule has 22 heavy (non-hydrogen) atoms. The molecular weight excluding hydrogens is 276 g/mol. The van der Waals surface area contributed by atoms with Gasteiger partial charge >= 0.3 is 0 Å². The topological polar surface area (TPSA) is 32.8 Å². The van der Waals surface area contributed by atoms with Crippen molar-refractivity contribution in [2.24, 2.45) is 11.8 Å². The molecule has 0 unspecified atom stereocenters. The van der Waals surface area contributed by atoms with Crippen LogP contribution in [0.1, 0.15) is 51.9 Å². The van der Waals surface area contributed by atoms with Crippen LogP contribution in [0.3, 0.4) is 0 Å². The quantitative estimate of drug-likeness (QED) is 0.803. The molecule has 0 N–H and O–H groups in total. The van der Waals surface area contributed by atoms with Crippen molar-refractivity contribution in [2.45, 2.75) is 58.0 Å². The predicted molar refractivity (Wildman–Crippen MR) is 87.7 cm³/mol. The van der Waals surface area contributed by atoms with Crippen LogP contribution in [0, 0.1) is 11.8 Å². The second-order valence-corrected chi connectivity index (χ2v) is 7.54. The van der Waals surface area contributed by atoms with Crippen molar-refractivity contribution >= 4 is 5.91 Å². The molecule has 0 aromatic carbocycles. The normalized spacial score (nSPS) is 32.1. The van der Waals surface area contributed by atoms with E-state index < -0.39 is 0 Å². The lowest BCUT2D eigenvalue weighted by atomic mass is 9.89. The van der Waals surface area contributed by atoms with Crippen molar-refractivity contribution in [1.29, 1.82) is 0 Å². The van der Waals surface area contributed by atoms with Gasteiger partial charge in [0.05, 0.1) is 0 Å². The van der Waals surface area contributed by atoms with Gasteiger partial charge < -0.3 is 14.5 Å². The first-order chi connectivity index (χ1) is 10.7. The molecule has 2 atom stereocenters. The van der Waals surface area contributed by atoms with Crippen molar-refractivity contribution in [2.75, 3.05) is 39.3 Å². The number of hydrogen-bond acceptors (Lipinski definition) is 3. The molecule has 1 amide bonds. The summed E-state index contributed by atoms with van der Waals surface area (Å²) in [6.07, 6.45) is 9.04. The Morgan fingerprint density at radius 2 is 1.82 bits per heavy atom. The number of rotatable bonds is 3. The van der Waals surface area contributed by atoms with E-state index in [1.807, 2.05) is 0 Å². The lowest BCUT2D eigenvalue weighted by Gasteiger charge is -2.29. The van der Waals surface area contributed by atoms with Crippen molar-refractivity contribution in [3.63, 3.8) is 0 Å². The highest BCUT2D eigenvalue weighted by Gasteiger charge is 2.34.